The molecule has 0 aromatic heterocycles. The quantitative estimate of drug-likeness (QED) is 0.0321. The summed E-state index contributed by atoms with van der Waals surface area (Å²) >= 11 is 0. The molecule has 0 rings (SSSR count). The Kier molecular flexibility index (Phi) is 56.0. The summed E-state index contributed by atoms with van der Waals surface area (Å²) in [7, 11) is 0. The zero-order valence-electron chi connectivity index (χ0n) is 45.4. The standard InChI is InChI=1S/C61H119NO5/c1-3-5-7-9-11-13-15-16-32-35-39-43-47-51-55-61(66)67-56-52-48-44-40-36-33-30-28-26-24-22-20-18-17-19-21-23-25-27-29-31-34-38-42-46-50-54-60(65)62-58(57-63)59(64)53-49-45-41-37-14-12-10-8-6-4-2/h49,53,58-59,63-64H,3-48,50-52,54-57H2,1-2H3,(H,62,65)/b53-49+. The first kappa shape index (κ1) is 65.6. The minimum absolute atomic E-state index is 0.0195. The van der Waals surface area contributed by atoms with E-state index in [4.69, 9.17) is 4.74 Å². The third kappa shape index (κ3) is 53.8. The smallest absolute Gasteiger partial charge is 0.305 e. The van der Waals surface area contributed by atoms with Gasteiger partial charge in [0.05, 0.1) is 25.4 Å². The molecule has 0 saturated heterocycles. The number of aliphatic hydroxyl groups is 2. The Balaban J connectivity index is 3.33. The molecule has 0 spiro atoms. The van der Waals surface area contributed by atoms with Crippen molar-refractivity contribution in [2.45, 2.75) is 353 Å². The topological polar surface area (TPSA) is 95.9 Å². The van der Waals surface area contributed by atoms with Gasteiger partial charge in [0, 0.05) is 12.8 Å². The molecule has 0 aliphatic rings. The Morgan fingerprint density at radius 2 is 0.687 bits per heavy atom. The molecule has 3 N–H and O–H groups in total. The van der Waals surface area contributed by atoms with E-state index < -0.39 is 12.1 Å². The van der Waals surface area contributed by atoms with E-state index >= 15 is 0 Å². The second-order valence-electron chi connectivity index (χ2n) is 21.0. The SMILES string of the molecule is CCCCCCCCCC/C=C/C(O)C(CO)NC(=O)CCCCCCCCCCCCCCCCCCCCCCCCCCCCOC(=O)CCCCCCCCCCCCCCCC. The molecule has 0 heterocycles. The van der Waals surface area contributed by atoms with Gasteiger partial charge in [-0.1, -0.05) is 309 Å². The molecule has 0 fully saturated rings. The van der Waals surface area contributed by atoms with E-state index in [2.05, 4.69) is 19.2 Å². The van der Waals surface area contributed by atoms with Crippen molar-refractivity contribution < 1.29 is 24.5 Å². The summed E-state index contributed by atoms with van der Waals surface area (Å²) in [6.07, 6.45) is 68.3. The van der Waals surface area contributed by atoms with E-state index in [9.17, 15) is 19.8 Å². The molecule has 0 radical (unpaired) electrons. The van der Waals surface area contributed by atoms with E-state index in [1.807, 2.05) is 6.08 Å². The number of carbonyl (C=O) groups excluding carboxylic acids is 2. The number of amides is 1. The second kappa shape index (κ2) is 57.2. The minimum atomic E-state index is -0.840. The van der Waals surface area contributed by atoms with Crippen LogP contribution in [0, 0.1) is 0 Å². The van der Waals surface area contributed by atoms with Crippen molar-refractivity contribution in [1.29, 1.82) is 0 Å². The number of allylic oxidation sites excluding steroid dienone is 1. The maximum absolute atomic E-state index is 12.4. The third-order valence-electron chi connectivity index (χ3n) is 14.3. The first-order chi connectivity index (χ1) is 33.0. The molecule has 2 atom stereocenters. The molecule has 67 heavy (non-hydrogen) atoms. The Morgan fingerprint density at radius 1 is 0.403 bits per heavy atom. The van der Waals surface area contributed by atoms with Gasteiger partial charge in [0.2, 0.25) is 5.91 Å². The fraction of sp³-hybridized carbons (Fsp3) is 0.934. The molecule has 0 aliphatic heterocycles. The van der Waals surface area contributed by atoms with Crippen LogP contribution in [-0.2, 0) is 14.3 Å². The van der Waals surface area contributed by atoms with Gasteiger partial charge in [-0.15, -0.1) is 0 Å². The molecular formula is C61H119NO5. The van der Waals surface area contributed by atoms with Crippen LogP contribution >= 0.6 is 0 Å². The minimum Gasteiger partial charge on any atom is -0.466 e. The predicted octanol–water partition coefficient (Wildman–Crippen LogP) is 18.9. The first-order valence-corrected chi connectivity index (χ1v) is 30.5. The highest BCUT2D eigenvalue weighted by Crippen LogP contribution is 2.18. The molecule has 398 valence electrons. The summed E-state index contributed by atoms with van der Waals surface area (Å²) in [5.41, 5.74) is 0. The van der Waals surface area contributed by atoms with Crippen molar-refractivity contribution in [1.82, 2.24) is 5.32 Å². The van der Waals surface area contributed by atoms with E-state index in [-0.39, 0.29) is 18.5 Å². The average Bonchev–Trinajstić information content (AvgIpc) is 3.33. The number of hydrogen-bond acceptors (Lipinski definition) is 5. The Bertz CT molecular complexity index is 1000. The van der Waals surface area contributed by atoms with Gasteiger partial charge >= 0.3 is 5.97 Å². The third-order valence-corrected chi connectivity index (χ3v) is 14.3. The number of aliphatic hydroxyl groups excluding tert-OH is 2. The largest absolute Gasteiger partial charge is 0.466 e. The lowest BCUT2D eigenvalue weighted by molar-refractivity contribution is -0.143. The number of ether oxygens (including phenoxy) is 1. The van der Waals surface area contributed by atoms with E-state index in [0.717, 1.165) is 38.5 Å². The Morgan fingerprint density at radius 3 is 1.01 bits per heavy atom. The molecule has 6 nitrogen and oxygen atoms in total. The van der Waals surface area contributed by atoms with Gasteiger partial charge in [-0.3, -0.25) is 9.59 Å². The number of carbonyl (C=O) groups is 2. The summed E-state index contributed by atoms with van der Waals surface area (Å²) in [6.45, 7) is 4.91. The molecule has 0 aliphatic carbocycles. The molecule has 2 unspecified atom stereocenters. The summed E-state index contributed by atoms with van der Waals surface area (Å²) in [6, 6.07) is -0.623. The van der Waals surface area contributed by atoms with Crippen LogP contribution in [0.25, 0.3) is 0 Å². The molecule has 1 amide bonds. The fourth-order valence-corrected chi connectivity index (χ4v) is 9.64. The van der Waals surface area contributed by atoms with Gasteiger partial charge in [0.1, 0.15) is 0 Å². The number of esters is 1. The van der Waals surface area contributed by atoms with Gasteiger partial charge < -0.3 is 20.3 Å². The average molecular weight is 947 g/mol. The van der Waals surface area contributed by atoms with Crippen LogP contribution < -0.4 is 5.32 Å². The zero-order chi connectivity index (χ0) is 48.6. The van der Waals surface area contributed by atoms with Crippen LogP contribution in [-0.4, -0.2) is 47.4 Å². The highest BCUT2D eigenvalue weighted by atomic mass is 16.5. The van der Waals surface area contributed by atoms with Gasteiger partial charge in [0.15, 0.2) is 0 Å². The maximum atomic E-state index is 12.4. The first-order valence-electron chi connectivity index (χ1n) is 30.5. The monoisotopic (exact) mass is 946 g/mol. The number of nitrogens with one attached hydrogen (secondary N) is 1. The van der Waals surface area contributed by atoms with Crippen molar-refractivity contribution in [2.75, 3.05) is 13.2 Å². The Labute approximate surface area is 419 Å². The molecule has 0 bridgehead atoms. The van der Waals surface area contributed by atoms with Crippen molar-refractivity contribution >= 4 is 11.9 Å². The van der Waals surface area contributed by atoms with Gasteiger partial charge in [-0.05, 0) is 32.1 Å². The second-order valence-corrected chi connectivity index (χ2v) is 21.0. The molecule has 0 aromatic rings. The zero-order valence-corrected chi connectivity index (χ0v) is 45.4. The lowest BCUT2D eigenvalue weighted by atomic mass is 10.0. The van der Waals surface area contributed by atoms with Crippen molar-refractivity contribution in [3.63, 3.8) is 0 Å². The van der Waals surface area contributed by atoms with Gasteiger partial charge in [-0.2, -0.15) is 0 Å². The van der Waals surface area contributed by atoms with Crippen LogP contribution in [0.2, 0.25) is 0 Å². The summed E-state index contributed by atoms with van der Waals surface area (Å²) in [5, 5.41) is 23.0. The lowest BCUT2D eigenvalue weighted by Crippen LogP contribution is -2.45. The highest BCUT2D eigenvalue weighted by Gasteiger charge is 2.18. The highest BCUT2D eigenvalue weighted by molar-refractivity contribution is 5.76. The summed E-state index contributed by atoms with van der Waals surface area (Å²) < 4.78 is 5.49. The van der Waals surface area contributed by atoms with E-state index in [1.54, 1.807) is 6.08 Å². The summed E-state index contributed by atoms with van der Waals surface area (Å²) in [5.74, 6) is -0.0468. The van der Waals surface area contributed by atoms with Gasteiger partial charge in [0.25, 0.3) is 0 Å². The van der Waals surface area contributed by atoms with Crippen LogP contribution in [0.4, 0.5) is 0 Å². The lowest BCUT2D eigenvalue weighted by Gasteiger charge is -2.20. The molecule has 0 saturated carbocycles. The molecule has 6 heteroatoms. The van der Waals surface area contributed by atoms with E-state index in [1.165, 1.54) is 276 Å². The van der Waals surface area contributed by atoms with Crippen LogP contribution in [0.15, 0.2) is 12.2 Å². The van der Waals surface area contributed by atoms with Gasteiger partial charge in [-0.25, -0.2) is 0 Å². The normalized spacial score (nSPS) is 12.6. The molecule has 0 aromatic carbocycles. The van der Waals surface area contributed by atoms with Crippen molar-refractivity contribution in [3.05, 3.63) is 12.2 Å². The van der Waals surface area contributed by atoms with Crippen LogP contribution in [0.3, 0.4) is 0 Å². The van der Waals surface area contributed by atoms with Crippen LogP contribution in [0.5, 0.6) is 0 Å². The van der Waals surface area contributed by atoms with Crippen molar-refractivity contribution in [2.24, 2.45) is 0 Å². The maximum Gasteiger partial charge on any atom is 0.305 e. The Hall–Kier alpha value is -1.40. The van der Waals surface area contributed by atoms with E-state index in [0.29, 0.717) is 19.4 Å². The predicted molar refractivity (Wildman–Crippen MR) is 292 cm³/mol. The summed E-state index contributed by atoms with van der Waals surface area (Å²) in [4.78, 5) is 24.4. The number of rotatable bonds is 57. The number of unbranched alkanes of at least 4 members (excludes halogenated alkanes) is 46. The van der Waals surface area contributed by atoms with Crippen molar-refractivity contribution in [3.8, 4) is 0 Å². The van der Waals surface area contributed by atoms with Crippen LogP contribution in [0.1, 0.15) is 341 Å². The fourth-order valence-electron chi connectivity index (χ4n) is 9.64. The number of hydrogen-bond donors (Lipinski definition) is 3. The molecular weight excluding hydrogens is 827 g/mol.